The van der Waals surface area contributed by atoms with Gasteiger partial charge in [-0.15, -0.1) is 0 Å². The van der Waals surface area contributed by atoms with Crippen molar-refractivity contribution < 1.29 is 5.11 Å². The van der Waals surface area contributed by atoms with Crippen LogP contribution in [-0.2, 0) is 7.05 Å². The van der Waals surface area contributed by atoms with Gasteiger partial charge in [-0.05, 0) is 24.6 Å². The number of halogens is 1. The van der Waals surface area contributed by atoms with Gasteiger partial charge < -0.3 is 15.0 Å². The van der Waals surface area contributed by atoms with E-state index in [9.17, 15) is 5.11 Å². The number of nitrogens with one attached hydrogen (secondary N) is 1. The zero-order valence-electron chi connectivity index (χ0n) is 8.07. The molecule has 0 amide bonds. The molecule has 78 valence electrons. The third kappa shape index (κ3) is 1.65. The van der Waals surface area contributed by atoms with E-state index in [2.05, 4.69) is 10.3 Å². The van der Waals surface area contributed by atoms with Crippen LogP contribution in [0.15, 0.2) is 6.20 Å². The Hall–Kier alpha value is -0.580. The summed E-state index contributed by atoms with van der Waals surface area (Å²) in [6, 6.07) is 0. The number of aliphatic hydroxyl groups excluding tert-OH is 1. The van der Waals surface area contributed by atoms with Crippen LogP contribution in [0, 0.1) is 5.92 Å². The van der Waals surface area contributed by atoms with Gasteiger partial charge in [-0.2, -0.15) is 0 Å². The first-order valence-electron chi connectivity index (χ1n) is 4.76. The molecule has 0 spiro atoms. The highest BCUT2D eigenvalue weighted by Crippen LogP contribution is 2.27. The zero-order valence-corrected chi connectivity index (χ0v) is 8.83. The van der Waals surface area contributed by atoms with E-state index in [4.69, 9.17) is 11.6 Å². The molecule has 2 unspecified atom stereocenters. The van der Waals surface area contributed by atoms with Crippen molar-refractivity contribution in [1.29, 1.82) is 0 Å². The minimum absolute atomic E-state index is 0.279. The summed E-state index contributed by atoms with van der Waals surface area (Å²) in [6.45, 7) is 1.84. The van der Waals surface area contributed by atoms with Crippen LogP contribution in [0.3, 0.4) is 0 Å². The normalized spacial score (nSPS) is 24.1. The molecule has 1 aromatic rings. The SMILES string of the molecule is Cn1c(C(O)C2CCNC2)cnc1Cl. The second-order valence-corrected chi connectivity index (χ2v) is 4.05. The summed E-state index contributed by atoms with van der Waals surface area (Å²) >= 11 is 5.81. The minimum atomic E-state index is -0.463. The summed E-state index contributed by atoms with van der Waals surface area (Å²) < 4.78 is 1.73. The predicted octanol–water partition coefficient (Wildman–Crippen LogP) is 0.716. The second kappa shape index (κ2) is 3.88. The van der Waals surface area contributed by atoms with E-state index in [1.807, 2.05) is 7.05 Å². The van der Waals surface area contributed by atoms with Gasteiger partial charge in [0.1, 0.15) is 0 Å². The number of hydrogen-bond donors (Lipinski definition) is 2. The molecule has 0 aromatic carbocycles. The average Bonchev–Trinajstić information content (AvgIpc) is 2.77. The van der Waals surface area contributed by atoms with E-state index in [1.165, 1.54) is 0 Å². The first-order chi connectivity index (χ1) is 6.70. The number of aromatic nitrogens is 2. The molecule has 0 bridgehead atoms. The molecule has 1 aliphatic rings. The van der Waals surface area contributed by atoms with Crippen molar-refractivity contribution in [3.05, 3.63) is 17.2 Å². The summed E-state index contributed by atoms with van der Waals surface area (Å²) in [5.41, 5.74) is 0.795. The van der Waals surface area contributed by atoms with E-state index in [1.54, 1.807) is 10.8 Å². The van der Waals surface area contributed by atoms with E-state index < -0.39 is 6.10 Å². The van der Waals surface area contributed by atoms with Gasteiger partial charge in [0, 0.05) is 19.5 Å². The lowest BCUT2D eigenvalue weighted by molar-refractivity contribution is 0.111. The Morgan fingerprint density at radius 2 is 2.57 bits per heavy atom. The third-order valence-corrected chi connectivity index (χ3v) is 3.17. The fraction of sp³-hybridized carbons (Fsp3) is 0.667. The van der Waals surface area contributed by atoms with E-state index in [0.717, 1.165) is 25.2 Å². The van der Waals surface area contributed by atoms with Gasteiger partial charge in [-0.3, -0.25) is 0 Å². The summed E-state index contributed by atoms with van der Waals surface area (Å²) in [5.74, 6) is 0.279. The maximum atomic E-state index is 10.1. The first kappa shape index (κ1) is 9.96. The molecule has 1 aromatic heterocycles. The second-order valence-electron chi connectivity index (χ2n) is 3.71. The van der Waals surface area contributed by atoms with Crippen molar-refractivity contribution in [2.45, 2.75) is 12.5 Å². The number of nitrogens with zero attached hydrogens (tertiary/aromatic N) is 2. The molecule has 14 heavy (non-hydrogen) atoms. The Bertz CT molecular complexity index is 320. The summed E-state index contributed by atoms with van der Waals surface area (Å²) in [5, 5.41) is 13.7. The van der Waals surface area contributed by atoms with Crippen molar-refractivity contribution in [1.82, 2.24) is 14.9 Å². The highest BCUT2D eigenvalue weighted by atomic mass is 35.5. The van der Waals surface area contributed by atoms with Gasteiger partial charge >= 0.3 is 0 Å². The van der Waals surface area contributed by atoms with E-state index >= 15 is 0 Å². The Labute approximate surface area is 87.9 Å². The van der Waals surface area contributed by atoms with Crippen LogP contribution in [-0.4, -0.2) is 27.7 Å². The molecular formula is C9H14ClN3O. The molecule has 0 radical (unpaired) electrons. The average molecular weight is 216 g/mol. The molecule has 2 rings (SSSR count). The van der Waals surface area contributed by atoms with Crippen LogP contribution in [0.5, 0.6) is 0 Å². The summed E-state index contributed by atoms with van der Waals surface area (Å²) in [7, 11) is 1.82. The molecule has 5 heteroatoms. The molecular weight excluding hydrogens is 202 g/mol. The Morgan fingerprint density at radius 1 is 1.79 bits per heavy atom. The molecule has 1 saturated heterocycles. The fourth-order valence-corrected chi connectivity index (χ4v) is 2.01. The van der Waals surface area contributed by atoms with Crippen LogP contribution in [0.1, 0.15) is 18.2 Å². The third-order valence-electron chi connectivity index (χ3n) is 2.82. The van der Waals surface area contributed by atoms with Gasteiger partial charge in [0.2, 0.25) is 5.28 Å². The molecule has 1 fully saturated rings. The lowest BCUT2D eigenvalue weighted by atomic mass is 9.99. The van der Waals surface area contributed by atoms with Crippen LogP contribution in [0.2, 0.25) is 5.28 Å². The Kier molecular flexibility index (Phi) is 2.76. The standard InChI is InChI=1S/C9H14ClN3O/c1-13-7(5-12-9(13)10)8(14)6-2-3-11-4-6/h5-6,8,11,14H,2-4H2,1H3. The van der Waals surface area contributed by atoms with Crippen LogP contribution >= 0.6 is 11.6 Å². The number of rotatable bonds is 2. The Morgan fingerprint density at radius 3 is 3.07 bits per heavy atom. The maximum Gasteiger partial charge on any atom is 0.202 e. The summed E-state index contributed by atoms with van der Waals surface area (Å²) in [4.78, 5) is 3.96. The largest absolute Gasteiger partial charge is 0.386 e. The van der Waals surface area contributed by atoms with Gasteiger partial charge in [0.05, 0.1) is 18.0 Å². The molecule has 2 N–H and O–H groups in total. The van der Waals surface area contributed by atoms with Crippen molar-refractivity contribution in [3.8, 4) is 0 Å². The monoisotopic (exact) mass is 215 g/mol. The van der Waals surface area contributed by atoms with E-state index in [-0.39, 0.29) is 5.92 Å². The van der Waals surface area contributed by atoms with Gasteiger partial charge in [-0.25, -0.2) is 4.98 Å². The van der Waals surface area contributed by atoms with Crippen LogP contribution in [0.4, 0.5) is 0 Å². The van der Waals surface area contributed by atoms with Gasteiger partial charge in [-0.1, -0.05) is 0 Å². The highest BCUT2D eigenvalue weighted by Gasteiger charge is 2.26. The molecule has 0 saturated carbocycles. The highest BCUT2D eigenvalue weighted by molar-refractivity contribution is 6.28. The van der Waals surface area contributed by atoms with Crippen LogP contribution in [0.25, 0.3) is 0 Å². The van der Waals surface area contributed by atoms with Gasteiger partial charge in [0.15, 0.2) is 0 Å². The topological polar surface area (TPSA) is 50.1 Å². The molecule has 4 nitrogen and oxygen atoms in total. The molecule has 2 atom stereocenters. The lowest BCUT2D eigenvalue weighted by Gasteiger charge is -2.17. The number of hydrogen-bond acceptors (Lipinski definition) is 3. The van der Waals surface area contributed by atoms with Crippen LogP contribution < -0.4 is 5.32 Å². The number of aliphatic hydroxyl groups is 1. The van der Waals surface area contributed by atoms with Gasteiger partial charge in [0.25, 0.3) is 0 Å². The quantitative estimate of drug-likeness (QED) is 0.765. The number of imidazole rings is 1. The summed E-state index contributed by atoms with van der Waals surface area (Å²) in [6.07, 6.45) is 2.19. The zero-order chi connectivity index (χ0) is 10.1. The predicted molar refractivity (Wildman–Crippen MR) is 54.2 cm³/mol. The van der Waals surface area contributed by atoms with E-state index in [0.29, 0.717) is 5.28 Å². The minimum Gasteiger partial charge on any atom is -0.386 e. The molecule has 2 heterocycles. The molecule has 1 aliphatic heterocycles. The van der Waals surface area contributed by atoms with Crippen molar-refractivity contribution in [3.63, 3.8) is 0 Å². The molecule has 0 aliphatic carbocycles. The smallest absolute Gasteiger partial charge is 0.202 e. The van der Waals surface area contributed by atoms with Crippen molar-refractivity contribution in [2.24, 2.45) is 13.0 Å². The first-order valence-corrected chi connectivity index (χ1v) is 5.14. The van der Waals surface area contributed by atoms with Crippen molar-refractivity contribution in [2.75, 3.05) is 13.1 Å². The maximum absolute atomic E-state index is 10.1. The van der Waals surface area contributed by atoms with Crippen molar-refractivity contribution >= 4 is 11.6 Å². The fourth-order valence-electron chi connectivity index (χ4n) is 1.86. The lowest BCUT2D eigenvalue weighted by Crippen LogP contribution is -2.18. The Balaban J connectivity index is 2.17.